The van der Waals surface area contributed by atoms with Gasteiger partial charge < -0.3 is 14.2 Å². The van der Waals surface area contributed by atoms with Crippen molar-refractivity contribution in [2.45, 2.75) is 26.4 Å². The normalized spacial score (nSPS) is 10.9. The minimum atomic E-state index is -0.123. The molecule has 1 amide bonds. The number of pyridine rings is 1. The first-order valence-corrected chi connectivity index (χ1v) is 10.4. The summed E-state index contributed by atoms with van der Waals surface area (Å²) in [6.07, 6.45) is 2.46. The summed E-state index contributed by atoms with van der Waals surface area (Å²) < 4.78 is 8.06. The number of hydrogen-bond acceptors (Lipinski definition) is 4. The van der Waals surface area contributed by atoms with E-state index in [1.165, 1.54) is 5.56 Å². The molecule has 4 rings (SSSR count). The Bertz CT molecular complexity index is 1150. The van der Waals surface area contributed by atoms with Crippen molar-refractivity contribution in [1.82, 2.24) is 19.4 Å². The van der Waals surface area contributed by atoms with Crippen molar-refractivity contribution in [2.24, 2.45) is 0 Å². The Morgan fingerprint density at radius 2 is 1.81 bits per heavy atom. The number of carbonyl (C=O) groups excluding carboxylic acids is 1. The molecule has 2 aromatic heterocycles. The fourth-order valence-corrected chi connectivity index (χ4v) is 3.51. The predicted octanol–water partition coefficient (Wildman–Crippen LogP) is 4.48. The van der Waals surface area contributed by atoms with Crippen LogP contribution in [0, 0.1) is 6.92 Å². The lowest BCUT2D eigenvalue weighted by atomic mass is 10.2. The molecule has 0 saturated carbocycles. The molecule has 6 heteroatoms. The van der Waals surface area contributed by atoms with Gasteiger partial charge in [-0.05, 0) is 49.7 Å². The van der Waals surface area contributed by atoms with Gasteiger partial charge in [-0.1, -0.05) is 35.9 Å². The van der Waals surface area contributed by atoms with E-state index >= 15 is 0 Å². The topological polar surface area (TPSA) is 60.2 Å². The molecule has 0 N–H and O–H groups in total. The molecule has 0 aliphatic heterocycles. The number of carbonyl (C=O) groups is 1. The van der Waals surface area contributed by atoms with Crippen LogP contribution < -0.4 is 4.74 Å². The van der Waals surface area contributed by atoms with Crippen molar-refractivity contribution in [3.05, 3.63) is 90.0 Å². The van der Waals surface area contributed by atoms with E-state index in [1.807, 2.05) is 48.5 Å². The van der Waals surface area contributed by atoms with E-state index in [4.69, 9.17) is 9.72 Å². The van der Waals surface area contributed by atoms with Gasteiger partial charge in [-0.25, -0.2) is 4.98 Å². The molecule has 2 aromatic carbocycles. The standard InChI is InChI=1S/C25H26N4O2/c1-19-11-13-20(14-12-19)31-17-7-16-29-23-10-4-3-8-21(23)27-24(29)18-28(2)25(30)22-9-5-6-15-26-22/h3-6,8-15H,7,16-18H2,1-2H3. The van der Waals surface area contributed by atoms with E-state index in [-0.39, 0.29) is 5.91 Å². The van der Waals surface area contributed by atoms with Crippen molar-refractivity contribution in [1.29, 1.82) is 0 Å². The van der Waals surface area contributed by atoms with Crippen molar-refractivity contribution in [3.63, 3.8) is 0 Å². The third-order valence-corrected chi connectivity index (χ3v) is 5.16. The molecule has 2 heterocycles. The fraction of sp³-hybridized carbons (Fsp3) is 0.240. The number of nitrogens with zero attached hydrogens (tertiary/aromatic N) is 4. The van der Waals surface area contributed by atoms with Crippen molar-refractivity contribution >= 4 is 16.9 Å². The number of rotatable bonds is 8. The van der Waals surface area contributed by atoms with E-state index in [1.54, 1.807) is 30.3 Å². The Hall–Kier alpha value is -3.67. The zero-order valence-corrected chi connectivity index (χ0v) is 17.9. The number of aromatic nitrogens is 3. The number of imidazole rings is 1. The van der Waals surface area contributed by atoms with Gasteiger partial charge in [-0.2, -0.15) is 0 Å². The van der Waals surface area contributed by atoms with Gasteiger partial charge in [-0.15, -0.1) is 0 Å². The summed E-state index contributed by atoms with van der Waals surface area (Å²) in [6, 6.07) is 21.5. The maximum atomic E-state index is 12.7. The molecule has 6 nitrogen and oxygen atoms in total. The molecule has 0 spiro atoms. The Balaban J connectivity index is 1.46. The van der Waals surface area contributed by atoms with Crippen LogP contribution in [0.2, 0.25) is 0 Å². The van der Waals surface area contributed by atoms with Crippen LogP contribution in [-0.2, 0) is 13.1 Å². The SMILES string of the molecule is Cc1ccc(OCCCn2c(CN(C)C(=O)c3ccccn3)nc3ccccc32)cc1. The summed E-state index contributed by atoms with van der Waals surface area (Å²) in [5.41, 5.74) is 3.63. The molecule has 0 fully saturated rings. The lowest BCUT2D eigenvalue weighted by Gasteiger charge is -2.18. The van der Waals surface area contributed by atoms with E-state index < -0.39 is 0 Å². The van der Waals surface area contributed by atoms with Gasteiger partial charge in [0.2, 0.25) is 0 Å². The molecule has 0 saturated heterocycles. The van der Waals surface area contributed by atoms with Crippen LogP contribution in [0.3, 0.4) is 0 Å². The summed E-state index contributed by atoms with van der Waals surface area (Å²) in [5.74, 6) is 1.60. The van der Waals surface area contributed by atoms with E-state index in [0.29, 0.717) is 18.8 Å². The first-order valence-electron chi connectivity index (χ1n) is 10.4. The fourth-order valence-electron chi connectivity index (χ4n) is 3.51. The lowest BCUT2D eigenvalue weighted by molar-refractivity contribution is 0.0774. The monoisotopic (exact) mass is 414 g/mol. The number of fused-ring (bicyclic) bond motifs is 1. The van der Waals surface area contributed by atoms with Crippen molar-refractivity contribution < 1.29 is 9.53 Å². The quantitative estimate of drug-likeness (QED) is 0.399. The van der Waals surface area contributed by atoms with Crippen LogP contribution in [0.5, 0.6) is 5.75 Å². The molecule has 0 unspecified atom stereocenters. The van der Waals surface area contributed by atoms with Gasteiger partial charge in [0.25, 0.3) is 5.91 Å². The highest BCUT2D eigenvalue weighted by molar-refractivity contribution is 5.92. The summed E-state index contributed by atoms with van der Waals surface area (Å²) in [5, 5.41) is 0. The van der Waals surface area contributed by atoms with Crippen LogP contribution in [0.25, 0.3) is 11.0 Å². The predicted molar refractivity (Wildman–Crippen MR) is 121 cm³/mol. The van der Waals surface area contributed by atoms with Gasteiger partial charge >= 0.3 is 0 Å². The number of hydrogen-bond donors (Lipinski definition) is 0. The second-order valence-electron chi connectivity index (χ2n) is 7.56. The van der Waals surface area contributed by atoms with E-state index in [0.717, 1.165) is 35.6 Å². The summed E-state index contributed by atoms with van der Waals surface area (Å²) in [6.45, 7) is 3.83. The maximum absolute atomic E-state index is 12.7. The molecule has 0 aliphatic rings. The van der Waals surface area contributed by atoms with Gasteiger partial charge in [0, 0.05) is 19.8 Å². The van der Waals surface area contributed by atoms with Gasteiger partial charge in [-0.3, -0.25) is 9.78 Å². The second-order valence-corrected chi connectivity index (χ2v) is 7.56. The Morgan fingerprint density at radius 3 is 2.58 bits per heavy atom. The average Bonchev–Trinajstić information content (AvgIpc) is 3.15. The summed E-state index contributed by atoms with van der Waals surface area (Å²) in [7, 11) is 1.78. The molecule has 31 heavy (non-hydrogen) atoms. The summed E-state index contributed by atoms with van der Waals surface area (Å²) in [4.78, 5) is 23.3. The third-order valence-electron chi connectivity index (χ3n) is 5.16. The van der Waals surface area contributed by atoms with Crippen LogP contribution in [0.1, 0.15) is 28.3 Å². The second kappa shape index (κ2) is 9.43. The molecule has 0 bridgehead atoms. The molecule has 0 aliphatic carbocycles. The Kier molecular flexibility index (Phi) is 6.26. The highest BCUT2D eigenvalue weighted by Crippen LogP contribution is 2.19. The minimum Gasteiger partial charge on any atom is -0.494 e. The van der Waals surface area contributed by atoms with Crippen LogP contribution in [0.4, 0.5) is 0 Å². The zero-order valence-electron chi connectivity index (χ0n) is 17.9. The van der Waals surface area contributed by atoms with Crippen LogP contribution >= 0.6 is 0 Å². The largest absolute Gasteiger partial charge is 0.494 e. The average molecular weight is 415 g/mol. The number of para-hydroxylation sites is 2. The van der Waals surface area contributed by atoms with Crippen LogP contribution in [-0.4, -0.2) is 39.0 Å². The van der Waals surface area contributed by atoms with Crippen molar-refractivity contribution in [3.8, 4) is 5.75 Å². The minimum absolute atomic E-state index is 0.123. The molecular weight excluding hydrogens is 388 g/mol. The first kappa shape index (κ1) is 20.6. The van der Waals surface area contributed by atoms with Gasteiger partial charge in [0.15, 0.2) is 0 Å². The van der Waals surface area contributed by atoms with Gasteiger partial charge in [0.05, 0.1) is 24.2 Å². The first-order chi connectivity index (χ1) is 15.1. The van der Waals surface area contributed by atoms with Crippen molar-refractivity contribution in [2.75, 3.05) is 13.7 Å². The highest BCUT2D eigenvalue weighted by Gasteiger charge is 2.17. The molecule has 158 valence electrons. The zero-order chi connectivity index (χ0) is 21.6. The molecule has 0 radical (unpaired) electrons. The lowest BCUT2D eigenvalue weighted by Crippen LogP contribution is -2.28. The van der Waals surface area contributed by atoms with E-state index in [2.05, 4.69) is 22.5 Å². The Labute approximate surface area is 182 Å². The molecule has 0 atom stereocenters. The van der Waals surface area contributed by atoms with Gasteiger partial charge in [0.1, 0.15) is 17.3 Å². The summed E-state index contributed by atoms with van der Waals surface area (Å²) >= 11 is 0. The molecular formula is C25H26N4O2. The molecule has 4 aromatic rings. The van der Waals surface area contributed by atoms with E-state index in [9.17, 15) is 4.79 Å². The Morgan fingerprint density at radius 1 is 1.03 bits per heavy atom. The van der Waals surface area contributed by atoms with Crippen LogP contribution in [0.15, 0.2) is 72.9 Å². The number of amides is 1. The maximum Gasteiger partial charge on any atom is 0.272 e. The third kappa shape index (κ3) is 4.91. The number of ether oxygens (including phenoxy) is 1. The number of benzene rings is 2. The number of aryl methyl sites for hydroxylation is 2. The highest BCUT2D eigenvalue weighted by atomic mass is 16.5. The smallest absolute Gasteiger partial charge is 0.272 e.